The van der Waals surface area contributed by atoms with Gasteiger partial charge >= 0.3 is 0 Å². The first kappa shape index (κ1) is 25.9. The summed E-state index contributed by atoms with van der Waals surface area (Å²) in [5.74, 6) is 0.840. The van der Waals surface area contributed by atoms with E-state index in [1.54, 1.807) is 0 Å². The zero-order valence-corrected chi connectivity index (χ0v) is 19.8. The van der Waals surface area contributed by atoms with Crippen molar-refractivity contribution in [2.75, 3.05) is 33.8 Å². The molecule has 1 heterocycles. The fraction of sp³-hybridized carbons (Fsp3) is 0.385. The van der Waals surface area contributed by atoms with E-state index in [4.69, 9.17) is 4.74 Å². The van der Waals surface area contributed by atoms with Gasteiger partial charge in [0, 0.05) is 44.2 Å². The van der Waals surface area contributed by atoms with Crippen LogP contribution in [0.5, 0.6) is 5.75 Å². The molecule has 0 saturated heterocycles. The molecule has 2 rings (SSSR count). The van der Waals surface area contributed by atoms with Crippen LogP contribution in [0.3, 0.4) is 0 Å². The minimum atomic E-state index is 0.0261. The first-order valence-electron chi connectivity index (χ1n) is 11.4. The number of carbonyl (C=O) groups is 2. The van der Waals surface area contributed by atoms with Crippen molar-refractivity contribution in [3.8, 4) is 5.75 Å². The van der Waals surface area contributed by atoms with E-state index in [1.165, 1.54) is 0 Å². The monoisotopic (exact) mass is 452 g/mol. The molecule has 1 unspecified atom stereocenters. The molecule has 0 spiro atoms. The molecule has 0 radical (unpaired) electrons. The van der Waals surface area contributed by atoms with Crippen LogP contribution in [0.4, 0.5) is 0 Å². The zero-order valence-electron chi connectivity index (χ0n) is 19.8. The zero-order chi connectivity index (χ0) is 23.9. The van der Waals surface area contributed by atoms with Gasteiger partial charge in [-0.2, -0.15) is 0 Å². The Balaban J connectivity index is 1.97. The summed E-state index contributed by atoms with van der Waals surface area (Å²) in [6, 6.07) is 7.97. The van der Waals surface area contributed by atoms with Crippen LogP contribution in [0.15, 0.2) is 71.6 Å². The lowest BCUT2D eigenvalue weighted by molar-refractivity contribution is -0.121. The predicted octanol–water partition coefficient (Wildman–Crippen LogP) is 2.90. The molecule has 1 amide bonds. The Kier molecular flexibility index (Phi) is 11.5. The number of nitrogens with one attached hydrogen (secondary N) is 4. The summed E-state index contributed by atoms with van der Waals surface area (Å²) in [6.07, 6.45) is 12.6. The summed E-state index contributed by atoms with van der Waals surface area (Å²) in [6.45, 7) is 3.86. The molecule has 1 aliphatic heterocycles. The summed E-state index contributed by atoms with van der Waals surface area (Å²) in [5.41, 5.74) is 3.68. The summed E-state index contributed by atoms with van der Waals surface area (Å²) >= 11 is 0. The predicted molar refractivity (Wildman–Crippen MR) is 133 cm³/mol. The lowest BCUT2D eigenvalue weighted by Crippen LogP contribution is -2.22. The van der Waals surface area contributed by atoms with Crippen molar-refractivity contribution in [2.45, 2.75) is 32.2 Å². The van der Waals surface area contributed by atoms with Gasteiger partial charge in [-0.1, -0.05) is 24.3 Å². The molecule has 0 bridgehead atoms. The molecule has 0 aliphatic carbocycles. The Morgan fingerprint density at radius 2 is 1.97 bits per heavy atom. The number of dihydropyridines is 1. The lowest BCUT2D eigenvalue weighted by atomic mass is 10.0. The van der Waals surface area contributed by atoms with Crippen molar-refractivity contribution in [1.29, 1.82) is 0 Å². The van der Waals surface area contributed by atoms with Gasteiger partial charge in [0.15, 0.2) is 6.29 Å². The average Bonchev–Trinajstić information content (AvgIpc) is 2.84. The van der Waals surface area contributed by atoms with Crippen molar-refractivity contribution in [3.05, 3.63) is 77.2 Å². The normalized spacial score (nSPS) is 16.0. The second-order valence-electron chi connectivity index (χ2n) is 7.61. The number of aldehydes is 1. The quantitative estimate of drug-likeness (QED) is 0.150. The van der Waals surface area contributed by atoms with Gasteiger partial charge < -0.3 is 26.0 Å². The Bertz CT molecular complexity index is 885. The number of allylic oxidation sites excluding steroid dienone is 5. The van der Waals surface area contributed by atoms with Crippen LogP contribution in [0.1, 0.15) is 37.8 Å². The Labute approximate surface area is 197 Å². The van der Waals surface area contributed by atoms with E-state index in [0.717, 1.165) is 41.8 Å². The maximum absolute atomic E-state index is 11.6. The Morgan fingerprint density at radius 3 is 2.64 bits per heavy atom. The fourth-order valence-corrected chi connectivity index (χ4v) is 3.39. The molecule has 7 nitrogen and oxygen atoms in total. The summed E-state index contributed by atoms with van der Waals surface area (Å²) in [7, 11) is 3.72. The van der Waals surface area contributed by atoms with Crippen LogP contribution < -0.4 is 26.0 Å². The van der Waals surface area contributed by atoms with E-state index in [9.17, 15) is 9.59 Å². The maximum atomic E-state index is 11.6. The van der Waals surface area contributed by atoms with Crippen molar-refractivity contribution in [3.63, 3.8) is 0 Å². The van der Waals surface area contributed by atoms with Gasteiger partial charge in [0.05, 0.1) is 12.6 Å². The lowest BCUT2D eigenvalue weighted by Gasteiger charge is -2.19. The number of carbonyl (C=O) groups excluding carboxylic acids is 2. The van der Waals surface area contributed by atoms with E-state index >= 15 is 0 Å². The van der Waals surface area contributed by atoms with E-state index in [2.05, 4.69) is 27.3 Å². The van der Waals surface area contributed by atoms with Gasteiger partial charge in [-0.3, -0.25) is 9.59 Å². The molecule has 1 atom stereocenters. The van der Waals surface area contributed by atoms with Gasteiger partial charge in [0.2, 0.25) is 5.91 Å². The van der Waals surface area contributed by atoms with Gasteiger partial charge in [-0.15, -0.1) is 0 Å². The molecule has 0 fully saturated rings. The van der Waals surface area contributed by atoms with Crippen molar-refractivity contribution in [2.24, 2.45) is 0 Å². The van der Waals surface area contributed by atoms with Crippen LogP contribution in [-0.4, -0.2) is 46.0 Å². The third kappa shape index (κ3) is 8.98. The highest BCUT2D eigenvalue weighted by atomic mass is 16.5. The minimum absolute atomic E-state index is 0.0261. The van der Waals surface area contributed by atoms with Crippen molar-refractivity contribution < 1.29 is 14.3 Å². The van der Waals surface area contributed by atoms with E-state index in [-0.39, 0.29) is 11.9 Å². The molecule has 1 aromatic carbocycles. The summed E-state index contributed by atoms with van der Waals surface area (Å²) in [5, 5.41) is 12.3. The number of hydrogen-bond donors (Lipinski definition) is 4. The van der Waals surface area contributed by atoms with Crippen LogP contribution in [0.2, 0.25) is 0 Å². The molecule has 4 N–H and O–H groups in total. The number of ether oxygens (including phenoxy) is 1. The molecule has 1 aromatic rings. The van der Waals surface area contributed by atoms with Crippen LogP contribution in [0, 0.1) is 0 Å². The molecular formula is C26H36N4O3. The molecule has 0 saturated carbocycles. The van der Waals surface area contributed by atoms with Crippen LogP contribution >= 0.6 is 0 Å². The second-order valence-corrected chi connectivity index (χ2v) is 7.61. The van der Waals surface area contributed by atoms with E-state index in [1.807, 2.05) is 69.7 Å². The maximum Gasteiger partial charge on any atom is 0.220 e. The van der Waals surface area contributed by atoms with E-state index < -0.39 is 0 Å². The molecule has 0 aromatic heterocycles. The second kappa shape index (κ2) is 14.7. The Hall–Kier alpha value is -3.32. The average molecular weight is 453 g/mol. The van der Waals surface area contributed by atoms with Crippen molar-refractivity contribution in [1.82, 2.24) is 21.3 Å². The van der Waals surface area contributed by atoms with Gasteiger partial charge in [-0.05, 0) is 62.0 Å². The number of rotatable bonds is 14. The topological polar surface area (TPSA) is 91.5 Å². The van der Waals surface area contributed by atoms with Gasteiger partial charge in [-0.25, -0.2) is 0 Å². The first-order valence-corrected chi connectivity index (χ1v) is 11.4. The molecule has 1 aliphatic rings. The summed E-state index contributed by atoms with van der Waals surface area (Å²) in [4.78, 5) is 23.0. The molecule has 33 heavy (non-hydrogen) atoms. The smallest absolute Gasteiger partial charge is 0.220 e. The fourth-order valence-electron chi connectivity index (χ4n) is 3.39. The first-order chi connectivity index (χ1) is 16.1. The summed E-state index contributed by atoms with van der Waals surface area (Å²) < 4.78 is 5.75. The van der Waals surface area contributed by atoms with Gasteiger partial charge in [0.1, 0.15) is 5.75 Å². The van der Waals surface area contributed by atoms with E-state index in [0.29, 0.717) is 31.6 Å². The molecule has 7 heteroatoms. The van der Waals surface area contributed by atoms with Crippen molar-refractivity contribution >= 4 is 12.2 Å². The minimum Gasteiger partial charge on any atom is -0.494 e. The highest BCUT2D eigenvalue weighted by molar-refractivity contribution is 5.79. The molecular weight excluding hydrogens is 416 g/mol. The number of amides is 1. The number of benzene rings is 1. The largest absolute Gasteiger partial charge is 0.494 e. The van der Waals surface area contributed by atoms with Crippen LogP contribution in [-0.2, 0) is 9.59 Å². The van der Waals surface area contributed by atoms with Crippen LogP contribution in [0.25, 0.3) is 0 Å². The third-order valence-electron chi connectivity index (χ3n) is 5.20. The highest BCUT2D eigenvalue weighted by Gasteiger charge is 2.11. The SMILES string of the molecule is CCNC(=O)CCCOc1ccc(C2C=C(/C=C/C(C=O)=C(/CCNC)NC)C=CN2)cc1. The number of hydrogen-bond acceptors (Lipinski definition) is 6. The van der Waals surface area contributed by atoms with Gasteiger partial charge in [0.25, 0.3) is 0 Å². The highest BCUT2D eigenvalue weighted by Crippen LogP contribution is 2.23. The molecule has 178 valence electrons. The standard InChI is InChI=1S/C26H36N4O3/c1-4-29-26(32)6-5-17-33-23-11-9-21(10-12-23)25-18-20(13-16-30-25)7-8-22(19-31)24(28-3)14-15-27-2/h7-13,16,18-19,25,27-28,30H,4-6,14-15,17H2,1-3H3,(H,29,32)/b8-7+,24-22+. The third-order valence-corrected chi connectivity index (χ3v) is 5.20. The Morgan fingerprint density at radius 1 is 1.18 bits per heavy atom.